The molecule has 28 heavy (non-hydrogen) atoms. The Hall–Kier alpha value is -3.38. The van der Waals surface area contributed by atoms with Gasteiger partial charge in [-0.25, -0.2) is 9.78 Å². The molecule has 2 heterocycles. The van der Waals surface area contributed by atoms with Gasteiger partial charge in [0.2, 0.25) is 0 Å². The first-order valence-electron chi connectivity index (χ1n) is 8.47. The van der Waals surface area contributed by atoms with Crippen LogP contribution in [0.1, 0.15) is 11.3 Å². The van der Waals surface area contributed by atoms with Crippen LogP contribution in [0.5, 0.6) is 11.5 Å². The number of para-hydroxylation sites is 1. The lowest BCUT2D eigenvalue weighted by Crippen LogP contribution is -2.16. The molecule has 2 aromatic carbocycles. The van der Waals surface area contributed by atoms with Crippen LogP contribution >= 0.6 is 11.6 Å². The summed E-state index contributed by atoms with van der Waals surface area (Å²) in [6.07, 6.45) is 1.44. The van der Waals surface area contributed by atoms with Gasteiger partial charge >= 0.3 is 5.97 Å². The van der Waals surface area contributed by atoms with Crippen LogP contribution in [0.25, 0.3) is 22.6 Å². The maximum absolute atomic E-state index is 12.4. The van der Waals surface area contributed by atoms with Crippen LogP contribution in [0, 0.1) is 0 Å². The summed E-state index contributed by atoms with van der Waals surface area (Å²) >= 11 is 6.25. The van der Waals surface area contributed by atoms with Gasteiger partial charge in [0.1, 0.15) is 13.2 Å². The van der Waals surface area contributed by atoms with Crippen molar-refractivity contribution in [2.75, 3.05) is 13.2 Å². The molecule has 1 aliphatic rings. The number of hydrogen-bond acceptors (Lipinski definition) is 5. The normalized spacial score (nSPS) is 13.4. The number of aliphatic carboxylic acids is 1. The molecule has 0 atom stereocenters. The van der Waals surface area contributed by atoms with Gasteiger partial charge in [-0.2, -0.15) is 0 Å². The minimum absolute atomic E-state index is 0.0500. The zero-order valence-corrected chi connectivity index (χ0v) is 15.3. The number of nitrogens with zero attached hydrogens (tertiary/aromatic N) is 1. The smallest absolute Gasteiger partial charge is 0.377 e. The number of halogens is 1. The van der Waals surface area contributed by atoms with Crippen molar-refractivity contribution in [3.63, 3.8) is 0 Å². The Labute approximate surface area is 165 Å². The quantitative estimate of drug-likeness (QED) is 0.533. The number of carboxylic acids is 1. The van der Waals surface area contributed by atoms with Crippen molar-refractivity contribution in [2.45, 2.75) is 0 Å². The number of Topliss-reactive ketones (excluding diaryl/α,β-unsaturated/α-hetero) is 1. The Morgan fingerprint density at radius 1 is 1.07 bits per heavy atom. The van der Waals surface area contributed by atoms with Crippen LogP contribution in [0.4, 0.5) is 0 Å². The Bertz CT molecular complexity index is 1140. The average molecular weight is 396 g/mol. The van der Waals surface area contributed by atoms with E-state index >= 15 is 0 Å². The second-order valence-corrected chi connectivity index (χ2v) is 6.52. The lowest BCUT2D eigenvalue weighted by atomic mass is 10.0. The van der Waals surface area contributed by atoms with Crippen molar-refractivity contribution < 1.29 is 24.2 Å². The summed E-state index contributed by atoms with van der Waals surface area (Å²) in [6, 6.07) is 14.0. The molecule has 0 spiro atoms. The first kappa shape index (κ1) is 18.0. The minimum atomic E-state index is -1.56. The van der Waals surface area contributed by atoms with E-state index in [2.05, 4.69) is 4.98 Å². The second kappa shape index (κ2) is 7.32. The number of carbonyl (C=O) groups is 2. The molecule has 140 valence electrons. The standard InChI is InChI=1S/C21H14ClNO5/c22-15-10-12(11-18-20(15)28-8-7-27-18)9-14(19(24)21(25)26)17-6-5-13-3-1-2-4-16(13)23-17/h1-6,9-11H,7-8H2,(H,25,26)/b14-9-. The molecule has 6 nitrogen and oxygen atoms in total. The summed E-state index contributed by atoms with van der Waals surface area (Å²) < 4.78 is 11.0. The molecule has 0 amide bonds. The monoisotopic (exact) mass is 395 g/mol. The van der Waals surface area contributed by atoms with E-state index in [0.29, 0.717) is 40.8 Å². The molecule has 1 N–H and O–H groups in total. The predicted octanol–water partition coefficient (Wildman–Crippen LogP) is 3.85. The number of pyridine rings is 1. The minimum Gasteiger partial charge on any atom is -0.486 e. The Balaban J connectivity index is 1.85. The summed E-state index contributed by atoms with van der Waals surface area (Å²) in [5.41, 5.74) is 1.38. The highest BCUT2D eigenvalue weighted by atomic mass is 35.5. The fraction of sp³-hybridized carbons (Fsp3) is 0.0952. The van der Waals surface area contributed by atoms with Crippen molar-refractivity contribution in [2.24, 2.45) is 0 Å². The maximum Gasteiger partial charge on any atom is 0.377 e. The summed E-state index contributed by atoms with van der Waals surface area (Å²) in [6.45, 7) is 0.773. The molecule has 0 aliphatic carbocycles. The molecule has 3 aromatic rings. The van der Waals surface area contributed by atoms with Crippen molar-refractivity contribution in [3.8, 4) is 11.5 Å². The molecular weight excluding hydrogens is 382 g/mol. The van der Waals surface area contributed by atoms with E-state index in [9.17, 15) is 14.7 Å². The number of ketones is 1. The Morgan fingerprint density at radius 2 is 1.86 bits per heavy atom. The fourth-order valence-electron chi connectivity index (χ4n) is 2.97. The number of benzene rings is 2. The molecule has 4 rings (SSSR count). The van der Waals surface area contributed by atoms with Gasteiger partial charge in [0.15, 0.2) is 11.5 Å². The number of carboxylic acid groups (broad SMARTS) is 1. The van der Waals surface area contributed by atoms with E-state index in [1.54, 1.807) is 30.3 Å². The average Bonchev–Trinajstić information content (AvgIpc) is 2.71. The van der Waals surface area contributed by atoms with E-state index in [4.69, 9.17) is 21.1 Å². The van der Waals surface area contributed by atoms with Gasteiger partial charge in [0, 0.05) is 5.39 Å². The summed E-state index contributed by atoms with van der Waals surface area (Å²) in [7, 11) is 0. The number of fused-ring (bicyclic) bond motifs is 2. The third-order valence-corrected chi connectivity index (χ3v) is 4.52. The van der Waals surface area contributed by atoms with E-state index in [-0.39, 0.29) is 11.3 Å². The first-order valence-corrected chi connectivity index (χ1v) is 8.85. The predicted molar refractivity (Wildman–Crippen MR) is 105 cm³/mol. The van der Waals surface area contributed by atoms with Gasteiger partial charge in [-0.1, -0.05) is 35.9 Å². The van der Waals surface area contributed by atoms with Crippen LogP contribution in [-0.2, 0) is 9.59 Å². The molecule has 0 saturated heterocycles. The van der Waals surface area contributed by atoms with Gasteiger partial charge in [-0.15, -0.1) is 0 Å². The lowest BCUT2D eigenvalue weighted by molar-refractivity contribution is -0.146. The second-order valence-electron chi connectivity index (χ2n) is 6.11. The van der Waals surface area contributed by atoms with Crippen molar-refractivity contribution >= 4 is 45.9 Å². The molecule has 0 saturated carbocycles. The number of hydrogen-bond donors (Lipinski definition) is 1. The van der Waals surface area contributed by atoms with E-state index < -0.39 is 11.8 Å². The molecule has 0 radical (unpaired) electrons. The summed E-state index contributed by atoms with van der Waals surface area (Å²) in [5.74, 6) is -1.75. The van der Waals surface area contributed by atoms with Crippen molar-refractivity contribution in [3.05, 3.63) is 64.8 Å². The Morgan fingerprint density at radius 3 is 2.68 bits per heavy atom. The van der Waals surface area contributed by atoms with E-state index in [1.165, 1.54) is 6.08 Å². The topological polar surface area (TPSA) is 85.7 Å². The SMILES string of the molecule is O=C(O)C(=O)/C(=C\c1cc(Cl)c2c(c1)OCCO2)c1ccc2ccccc2n1. The fourth-order valence-corrected chi connectivity index (χ4v) is 3.24. The molecule has 1 aliphatic heterocycles. The highest BCUT2D eigenvalue weighted by Crippen LogP contribution is 2.39. The zero-order chi connectivity index (χ0) is 19.7. The third kappa shape index (κ3) is 3.42. The van der Waals surface area contributed by atoms with E-state index in [0.717, 1.165) is 5.39 Å². The molecule has 1 aromatic heterocycles. The summed E-state index contributed by atoms with van der Waals surface area (Å²) in [5, 5.41) is 10.5. The first-order chi connectivity index (χ1) is 13.5. The molecule has 0 unspecified atom stereocenters. The molecule has 7 heteroatoms. The zero-order valence-electron chi connectivity index (χ0n) is 14.5. The number of rotatable bonds is 4. The third-order valence-electron chi connectivity index (χ3n) is 4.24. The number of ether oxygens (including phenoxy) is 2. The van der Waals surface area contributed by atoms with Crippen LogP contribution in [0.3, 0.4) is 0 Å². The number of carbonyl (C=O) groups excluding carboxylic acids is 1. The van der Waals surface area contributed by atoms with Gasteiger partial charge in [-0.3, -0.25) is 4.79 Å². The molecule has 0 bridgehead atoms. The maximum atomic E-state index is 12.4. The van der Waals surface area contributed by atoms with E-state index in [1.807, 2.05) is 18.2 Å². The van der Waals surface area contributed by atoms with Crippen LogP contribution in [0.2, 0.25) is 5.02 Å². The van der Waals surface area contributed by atoms with Gasteiger partial charge in [-0.05, 0) is 35.9 Å². The summed E-state index contributed by atoms with van der Waals surface area (Å²) in [4.78, 5) is 28.2. The van der Waals surface area contributed by atoms with Crippen molar-refractivity contribution in [1.82, 2.24) is 4.98 Å². The van der Waals surface area contributed by atoms with Gasteiger partial charge < -0.3 is 14.6 Å². The molecular formula is C21H14ClNO5. The Kier molecular flexibility index (Phi) is 4.71. The van der Waals surface area contributed by atoms with Crippen molar-refractivity contribution in [1.29, 1.82) is 0 Å². The molecule has 0 fully saturated rings. The van der Waals surface area contributed by atoms with Crippen LogP contribution in [0.15, 0.2) is 48.5 Å². The van der Waals surface area contributed by atoms with Gasteiger partial charge in [0.25, 0.3) is 5.78 Å². The number of aromatic nitrogens is 1. The van der Waals surface area contributed by atoms with Crippen LogP contribution < -0.4 is 9.47 Å². The largest absolute Gasteiger partial charge is 0.486 e. The highest BCUT2D eigenvalue weighted by Gasteiger charge is 2.22. The lowest BCUT2D eigenvalue weighted by Gasteiger charge is -2.19. The highest BCUT2D eigenvalue weighted by molar-refractivity contribution is 6.52. The van der Waals surface area contributed by atoms with Crippen LogP contribution in [-0.4, -0.2) is 35.1 Å². The van der Waals surface area contributed by atoms with Gasteiger partial charge in [0.05, 0.1) is 21.8 Å².